The van der Waals surface area contributed by atoms with Gasteiger partial charge in [-0.25, -0.2) is 4.79 Å². The van der Waals surface area contributed by atoms with Gasteiger partial charge in [0.15, 0.2) is 6.29 Å². The molecule has 1 aromatic heterocycles. The van der Waals surface area contributed by atoms with Crippen molar-refractivity contribution in [1.29, 1.82) is 0 Å². The summed E-state index contributed by atoms with van der Waals surface area (Å²) in [6.45, 7) is 2.64. The zero-order valence-electron chi connectivity index (χ0n) is 12.8. The number of urea groups is 1. The molecular formula is C16H20N4O3. The van der Waals surface area contributed by atoms with Gasteiger partial charge in [0.25, 0.3) is 0 Å². The highest BCUT2D eigenvalue weighted by Gasteiger charge is 2.16. The Balaban J connectivity index is 1.41. The van der Waals surface area contributed by atoms with E-state index < -0.39 is 0 Å². The van der Waals surface area contributed by atoms with Crippen LogP contribution in [0.2, 0.25) is 0 Å². The molecule has 0 aliphatic carbocycles. The van der Waals surface area contributed by atoms with Crippen LogP contribution in [0.3, 0.4) is 0 Å². The highest BCUT2D eigenvalue weighted by molar-refractivity contribution is 5.73. The van der Waals surface area contributed by atoms with Gasteiger partial charge in [0.2, 0.25) is 0 Å². The van der Waals surface area contributed by atoms with Gasteiger partial charge in [0.05, 0.1) is 32.5 Å². The molecule has 0 atom stereocenters. The van der Waals surface area contributed by atoms with Crippen molar-refractivity contribution >= 4 is 6.03 Å². The molecule has 0 radical (unpaired) electrons. The number of rotatable bonds is 6. The molecule has 2 aromatic rings. The van der Waals surface area contributed by atoms with E-state index in [-0.39, 0.29) is 12.3 Å². The normalized spacial score (nSPS) is 14.8. The Hall–Kier alpha value is -2.38. The molecular weight excluding hydrogens is 296 g/mol. The lowest BCUT2D eigenvalue weighted by Gasteiger charge is -2.10. The second kappa shape index (κ2) is 7.75. The highest BCUT2D eigenvalue weighted by atomic mass is 16.7. The number of nitrogens with zero attached hydrogens (tertiary/aromatic N) is 2. The Kier molecular flexibility index (Phi) is 5.23. The average molecular weight is 316 g/mol. The number of carbonyl (C=O) groups is 1. The molecule has 0 spiro atoms. The van der Waals surface area contributed by atoms with E-state index in [2.05, 4.69) is 27.9 Å². The van der Waals surface area contributed by atoms with Gasteiger partial charge >= 0.3 is 6.03 Å². The lowest BCUT2D eigenvalue weighted by atomic mass is 10.2. The van der Waals surface area contributed by atoms with Crippen LogP contribution in [0.5, 0.6) is 0 Å². The van der Waals surface area contributed by atoms with Crippen LogP contribution in [0, 0.1) is 0 Å². The predicted octanol–water partition coefficient (Wildman–Crippen LogP) is 1.10. The minimum Gasteiger partial charge on any atom is -0.348 e. The quantitative estimate of drug-likeness (QED) is 0.837. The Bertz CT molecular complexity index is 623. The SMILES string of the molecule is O=C(NCc1cnn(Cc2ccccc2)c1)NCC1OCCO1. The summed E-state index contributed by atoms with van der Waals surface area (Å²) in [6, 6.07) is 9.86. The van der Waals surface area contributed by atoms with Gasteiger partial charge in [-0.2, -0.15) is 5.10 Å². The third kappa shape index (κ3) is 4.80. The van der Waals surface area contributed by atoms with Crippen LogP contribution in [0.25, 0.3) is 0 Å². The van der Waals surface area contributed by atoms with E-state index in [1.807, 2.05) is 29.1 Å². The molecule has 1 aromatic carbocycles. The lowest BCUT2D eigenvalue weighted by Crippen LogP contribution is -2.39. The van der Waals surface area contributed by atoms with Gasteiger partial charge in [-0.1, -0.05) is 30.3 Å². The number of nitrogens with one attached hydrogen (secondary N) is 2. The van der Waals surface area contributed by atoms with Crippen molar-refractivity contribution in [2.24, 2.45) is 0 Å². The molecule has 1 fully saturated rings. The summed E-state index contributed by atoms with van der Waals surface area (Å²) in [4.78, 5) is 11.7. The fourth-order valence-electron chi connectivity index (χ4n) is 2.30. The molecule has 7 heteroatoms. The van der Waals surface area contributed by atoms with Crippen molar-refractivity contribution in [3.05, 3.63) is 53.9 Å². The van der Waals surface area contributed by atoms with Crippen LogP contribution >= 0.6 is 0 Å². The molecule has 1 aliphatic heterocycles. The molecule has 1 saturated heterocycles. The lowest BCUT2D eigenvalue weighted by molar-refractivity contribution is -0.0371. The molecule has 2 heterocycles. The molecule has 2 N–H and O–H groups in total. The minimum atomic E-state index is -0.339. The van der Waals surface area contributed by atoms with E-state index in [1.165, 1.54) is 5.56 Å². The highest BCUT2D eigenvalue weighted by Crippen LogP contribution is 2.04. The summed E-state index contributed by atoms with van der Waals surface area (Å²) in [5.41, 5.74) is 2.13. The molecule has 7 nitrogen and oxygen atoms in total. The van der Waals surface area contributed by atoms with Gasteiger partial charge in [-0.05, 0) is 5.56 Å². The van der Waals surface area contributed by atoms with Crippen molar-refractivity contribution in [3.63, 3.8) is 0 Å². The summed E-state index contributed by atoms with van der Waals surface area (Å²) in [5, 5.41) is 9.80. The number of amides is 2. The summed E-state index contributed by atoms with van der Waals surface area (Å²) < 4.78 is 12.3. The first-order chi connectivity index (χ1) is 11.3. The number of aromatic nitrogens is 2. The molecule has 3 rings (SSSR count). The van der Waals surface area contributed by atoms with Crippen LogP contribution in [-0.4, -0.2) is 41.9 Å². The maximum Gasteiger partial charge on any atom is 0.315 e. The van der Waals surface area contributed by atoms with Gasteiger partial charge in [-0.15, -0.1) is 0 Å². The third-order valence-corrected chi connectivity index (χ3v) is 3.45. The standard InChI is InChI=1S/C16H20N4O3/c21-16(18-10-15-22-6-7-23-15)17-8-14-9-19-20(12-14)11-13-4-2-1-3-5-13/h1-5,9,12,15H,6-8,10-11H2,(H2,17,18,21). The van der Waals surface area contributed by atoms with Crippen molar-refractivity contribution < 1.29 is 14.3 Å². The van der Waals surface area contributed by atoms with Gasteiger partial charge < -0.3 is 20.1 Å². The van der Waals surface area contributed by atoms with Crippen molar-refractivity contribution in [2.75, 3.05) is 19.8 Å². The summed E-state index contributed by atoms with van der Waals surface area (Å²) in [5.74, 6) is 0. The smallest absolute Gasteiger partial charge is 0.315 e. The van der Waals surface area contributed by atoms with Gasteiger partial charge in [0, 0.05) is 18.3 Å². The van der Waals surface area contributed by atoms with E-state index in [1.54, 1.807) is 6.20 Å². The third-order valence-electron chi connectivity index (χ3n) is 3.45. The summed E-state index contributed by atoms with van der Waals surface area (Å²) in [7, 11) is 0. The van der Waals surface area contributed by atoms with Crippen molar-refractivity contribution in [1.82, 2.24) is 20.4 Å². The number of benzene rings is 1. The second-order valence-electron chi connectivity index (χ2n) is 5.27. The zero-order chi connectivity index (χ0) is 15.9. The van der Waals surface area contributed by atoms with Crippen LogP contribution < -0.4 is 10.6 Å². The van der Waals surface area contributed by atoms with E-state index in [0.717, 1.165) is 5.56 Å². The Labute approximate surface area is 134 Å². The molecule has 0 bridgehead atoms. The number of hydrogen-bond donors (Lipinski definition) is 2. The average Bonchev–Trinajstić information content (AvgIpc) is 3.24. The van der Waals surface area contributed by atoms with Gasteiger partial charge in [-0.3, -0.25) is 4.68 Å². The van der Waals surface area contributed by atoms with Crippen LogP contribution in [0.1, 0.15) is 11.1 Å². The minimum absolute atomic E-state index is 0.250. The Morgan fingerprint density at radius 2 is 1.96 bits per heavy atom. The first-order valence-electron chi connectivity index (χ1n) is 7.60. The maximum atomic E-state index is 11.7. The molecule has 122 valence electrons. The van der Waals surface area contributed by atoms with Crippen LogP contribution in [0.15, 0.2) is 42.7 Å². The van der Waals surface area contributed by atoms with E-state index in [4.69, 9.17) is 9.47 Å². The largest absolute Gasteiger partial charge is 0.348 e. The number of carbonyl (C=O) groups excluding carboxylic acids is 1. The first kappa shape index (κ1) is 15.5. The van der Waals surface area contributed by atoms with Gasteiger partial charge in [0.1, 0.15) is 0 Å². The van der Waals surface area contributed by atoms with Crippen molar-refractivity contribution in [3.8, 4) is 0 Å². The second-order valence-corrected chi connectivity index (χ2v) is 5.27. The monoisotopic (exact) mass is 316 g/mol. The zero-order valence-corrected chi connectivity index (χ0v) is 12.8. The fourth-order valence-corrected chi connectivity index (χ4v) is 2.30. The summed E-state index contributed by atoms with van der Waals surface area (Å²) in [6.07, 6.45) is 3.34. The maximum absolute atomic E-state index is 11.7. The Morgan fingerprint density at radius 3 is 2.74 bits per heavy atom. The van der Waals surface area contributed by atoms with E-state index >= 15 is 0 Å². The molecule has 0 saturated carbocycles. The topological polar surface area (TPSA) is 77.4 Å². The fraction of sp³-hybridized carbons (Fsp3) is 0.375. The van der Waals surface area contributed by atoms with E-state index in [9.17, 15) is 4.79 Å². The molecule has 2 amide bonds. The number of ether oxygens (including phenoxy) is 2. The van der Waals surface area contributed by atoms with E-state index in [0.29, 0.717) is 32.8 Å². The Morgan fingerprint density at radius 1 is 1.17 bits per heavy atom. The summed E-state index contributed by atoms with van der Waals surface area (Å²) >= 11 is 0. The van der Waals surface area contributed by atoms with Crippen molar-refractivity contribution in [2.45, 2.75) is 19.4 Å². The predicted molar refractivity (Wildman–Crippen MR) is 83.7 cm³/mol. The first-order valence-corrected chi connectivity index (χ1v) is 7.60. The molecule has 0 unspecified atom stereocenters. The van der Waals surface area contributed by atoms with Crippen LogP contribution in [0.4, 0.5) is 4.79 Å². The number of hydrogen-bond acceptors (Lipinski definition) is 4. The molecule has 1 aliphatic rings. The molecule has 23 heavy (non-hydrogen) atoms. The van der Waals surface area contributed by atoms with Crippen LogP contribution in [-0.2, 0) is 22.6 Å².